The van der Waals surface area contributed by atoms with Crippen molar-refractivity contribution in [1.29, 1.82) is 0 Å². The Labute approximate surface area is 142 Å². The Balaban J connectivity index is 1.86. The molecule has 1 atom stereocenters. The Kier molecular flexibility index (Phi) is 6.46. The van der Waals surface area contributed by atoms with E-state index in [9.17, 15) is 9.59 Å². The molecule has 0 N–H and O–H groups in total. The SMILES string of the molecule is CCOC(=O)C1CCN(C(=O)[C@H](C)Oc2cccc(OC)c2)CC1. The summed E-state index contributed by atoms with van der Waals surface area (Å²) in [6, 6.07) is 7.17. The summed E-state index contributed by atoms with van der Waals surface area (Å²) in [6.07, 6.45) is 0.684. The quantitative estimate of drug-likeness (QED) is 0.746. The van der Waals surface area contributed by atoms with Crippen molar-refractivity contribution in [2.45, 2.75) is 32.8 Å². The molecule has 0 spiro atoms. The van der Waals surface area contributed by atoms with E-state index < -0.39 is 6.10 Å². The standard InChI is InChI=1S/C18H25NO5/c1-4-23-18(21)14-8-10-19(11-9-14)17(20)13(2)24-16-7-5-6-15(12-16)22-3/h5-7,12-14H,4,8-11H2,1-3H3/t13-/m0/s1. The van der Waals surface area contributed by atoms with Crippen LogP contribution in [-0.2, 0) is 14.3 Å². The Morgan fingerprint density at radius 1 is 1.25 bits per heavy atom. The number of methoxy groups -OCH3 is 1. The maximum absolute atomic E-state index is 12.5. The highest BCUT2D eigenvalue weighted by atomic mass is 16.5. The maximum Gasteiger partial charge on any atom is 0.309 e. The molecular weight excluding hydrogens is 310 g/mol. The van der Waals surface area contributed by atoms with Crippen molar-refractivity contribution >= 4 is 11.9 Å². The molecule has 6 nitrogen and oxygen atoms in total. The highest BCUT2D eigenvalue weighted by molar-refractivity contribution is 5.81. The van der Waals surface area contributed by atoms with Gasteiger partial charge < -0.3 is 19.1 Å². The molecule has 0 unspecified atom stereocenters. The lowest BCUT2D eigenvalue weighted by Gasteiger charge is -2.32. The van der Waals surface area contributed by atoms with Gasteiger partial charge in [0.25, 0.3) is 5.91 Å². The van der Waals surface area contributed by atoms with Crippen LogP contribution in [-0.4, -0.2) is 49.7 Å². The van der Waals surface area contributed by atoms with Crippen LogP contribution in [0.1, 0.15) is 26.7 Å². The van der Waals surface area contributed by atoms with Gasteiger partial charge in [0.05, 0.1) is 19.6 Å². The van der Waals surface area contributed by atoms with E-state index >= 15 is 0 Å². The molecule has 24 heavy (non-hydrogen) atoms. The van der Waals surface area contributed by atoms with Gasteiger partial charge >= 0.3 is 5.97 Å². The molecule has 1 aliphatic heterocycles. The molecule has 1 heterocycles. The maximum atomic E-state index is 12.5. The third-order valence-electron chi connectivity index (χ3n) is 4.13. The lowest BCUT2D eigenvalue weighted by molar-refractivity contribution is -0.152. The van der Waals surface area contributed by atoms with Gasteiger partial charge in [0, 0.05) is 19.2 Å². The van der Waals surface area contributed by atoms with Crippen molar-refractivity contribution in [3.63, 3.8) is 0 Å². The first-order chi connectivity index (χ1) is 11.5. The zero-order valence-corrected chi connectivity index (χ0v) is 14.5. The minimum Gasteiger partial charge on any atom is -0.497 e. The number of hydrogen-bond acceptors (Lipinski definition) is 5. The first-order valence-corrected chi connectivity index (χ1v) is 8.31. The van der Waals surface area contributed by atoms with Crippen molar-refractivity contribution in [2.75, 3.05) is 26.8 Å². The Morgan fingerprint density at radius 3 is 2.54 bits per heavy atom. The van der Waals surface area contributed by atoms with Crippen LogP contribution in [0, 0.1) is 5.92 Å². The number of piperidine rings is 1. The molecule has 1 saturated heterocycles. The largest absolute Gasteiger partial charge is 0.497 e. The van der Waals surface area contributed by atoms with Gasteiger partial charge in [-0.25, -0.2) is 0 Å². The molecule has 0 aliphatic carbocycles. The minimum atomic E-state index is -0.587. The highest BCUT2D eigenvalue weighted by Gasteiger charge is 2.30. The predicted octanol–water partition coefficient (Wildman–Crippen LogP) is 2.26. The van der Waals surface area contributed by atoms with Crippen LogP contribution in [0.15, 0.2) is 24.3 Å². The second-order valence-corrected chi connectivity index (χ2v) is 5.79. The number of ether oxygens (including phenoxy) is 3. The zero-order valence-electron chi connectivity index (χ0n) is 14.5. The first kappa shape index (κ1) is 18.1. The van der Waals surface area contributed by atoms with Crippen LogP contribution in [0.4, 0.5) is 0 Å². The zero-order chi connectivity index (χ0) is 17.5. The molecule has 1 aromatic rings. The Morgan fingerprint density at radius 2 is 1.92 bits per heavy atom. The summed E-state index contributed by atoms with van der Waals surface area (Å²) in [7, 11) is 1.58. The molecule has 1 aliphatic rings. The normalized spacial score (nSPS) is 16.4. The average Bonchev–Trinajstić information content (AvgIpc) is 2.61. The number of carbonyl (C=O) groups is 2. The van der Waals surface area contributed by atoms with Crippen LogP contribution in [0.25, 0.3) is 0 Å². The van der Waals surface area contributed by atoms with E-state index in [1.54, 1.807) is 38.0 Å². The average molecular weight is 335 g/mol. The summed E-state index contributed by atoms with van der Waals surface area (Å²) in [6.45, 7) is 5.03. The van der Waals surface area contributed by atoms with E-state index in [1.165, 1.54) is 0 Å². The predicted molar refractivity (Wildman–Crippen MR) is 89.0 cm³/mol. The molecule has 0 radical (unpaired) electrons. The number of hydrogen-bond donors (Lipinski definition) is 0. The van der Waals surface area contributed by atoms with E-state index in [0.717, 1.165) is 0 Å². The first-order valence-electron chi connectivity index (χ1n) is 8.31. The molecule has 2 rings (SSSR count). The van der Waals surface area contributed by atoms with E-state index in [-0.39, 0.29) is 17.8 Å². The van der Waals surface area contributed by atoms with Crippen molar-refractivity contribution in [3.8, 4) is 11.5 Å². The lowest BCUT2D eigenvalue weighted by atomic mass is 9.97. The van der Waals surface area contributed by atoms with Crippen LogP contribution in [0.5, 0.6) is 11.5 Å². The Hall–Kier alpha value is -2.24. The molecule has 0 bridgehead atoms. The van der Waals surface area contributed by atoms with Gasteiger partial charge in [0.15, 0.2) is 6.10 Å². The van der Waals surface area contributed by atoms with E-state index in [1.807, 2.05) is 12.1 Å². The van der Waals surface area contributed by atoms with Crippen LogP contribution >= 0.6 is 0 Å². The summed E-state index contributed by atoms with van der Waals surface area (Å²) in [5.74, 6) is 0.938. The summed E-state index contributed by atoms with van der Waals surface area (Å²) < 4.78 is 15.9. The molecule has 1 fully saturated rings. The molecule has 1 amide bonds. The topological polar surface area (TPSA) is 65.1 Å². The van der Waals surface area contributed by atoms with Crippen molar-refractivity contribution in [3.05, 3.63) is 24.3 Å². The summed E-state index contributed by atoms with van der Waals surface area (Å²) >= 11 is 0. The smallest absolute Gasteiger partial charge is 0.309 e. The van der Waals surface area contributed by atoms with Crippen molar-refractivity contribution in [2.24, 2.45) is 5.92 Å². The number of rotatable bonds is 6. The van der Waals surface area contributed by atoms with Gasteiger partial charge in [0.1, 0.15) is 11.5 Å². The molecule has 1 aromatic carbocycles. The van der Waals surface area contributed by atoms with Crippen LogP contribution in [0.3, 0.4) is 0 Å². The number of benzene rings is 1. The minimum absolute atomic E-state index is 0.0693. The van der Waals surface area contributed by atoms with Crippen molar-refractivity contribution in [1.82, 2.24) is 4.90 Å². The van der Waals surface area contributed by atoms with E-state index in [0.29, 0.717) is 44.0 Å². The fourth-order valence-electron chi connectivity index (χ4n) is 2.78. The molecular formula is C18H25NO5. The monoisotopic (exact) mass is 335 g/mol. The van der Waals surface area contributed by atoms with Crippen LogP contribution < -0.4 is 9.47 Å². The van der Waals surface area contributed by atoms with Crippen molar-refractivity contribution < 1.29 is 23.8 Å². The Bertz CT molecular complexity index is 566. The summed E-state index contributed by atoms with van der Waals surface area (Å²) in [5.41, 5.74) is 0. The molecule has 132 valence electrons. The van der Waals surface area contributed by atoms with Gasteiger partial charge in [-0.3, -0.25) is 9.59 Å². The summed E-state index contributed by atoms with van der Waals surface area (Å²) in [5, 5.41) is 0. The second-order valence-electron chi connectivity index (χ2n) is 5.79. The van der Waals surface area contributed by atoms with E-state index in [4.69, 9.17) is 14.2 Å². The number of nitrogens with zero attached hydrogens (tertiary/aromatic N) is 1. The fraction of sp³-hybridized carbons (Fsp3) is 0.556. The number of likely N-dealkylation sites (tertiary alicyclic amines) is 1. The third kappa shape index (κ3) is 4.63. The van der Waals surface area contributed by atoms with Gasteiger partial charge in [-0.1, -0.05) is 6.07 Å². The number of carbonyl (C=O) groups excluding carboxylic acids is 2. The molecule has 0 aromatic heterocycles. The second kappa shape index (κ2) is 8.57. The number of esters is 1. The third-order valence-corrected chi connectivity index (χ3v) is 4.13. The van der Waals surface area contributed by atoms with E-state index in [2.05, 4.69) is 0 Å². The number of amides is 1. The van der Waals surface area contributed by atoms with Gasteiger partial charge in [0.2, 0.25) is 0 Å². The fourth-order valence-corrected chi connectivity index (χ4v) is 2.78. The summed E-state index contributed by atoms with van der Waals surface area (Å²) in [4.78, 5) is 26.0. The highest BCUT2D eigenvalue weighted by Crippen LogP contribution is 2.22. The van der Waals surface area contributed by atoms with Gasteiger partial charge in [-0.2, -0.15) is 0 Å². The molecule has 6 heteroatoms. The van der Waals surface area contributed by atoms with Crippen LogP contribution in [0.2, 0.25) is 0 Å². The van der Waals surface area contributed by atoms with Gasteiger partial charge in [-0.15, -0.1) is 0 Å². The molecule has 0 saturated carbocycles. The lowest BCUT2D eigenvalue weighted by Crippen LogP contribution is -2.45. The van der Waals surface area contributed by atoms with Gasteiger partial charge in [-0.05, 0) is 38.8 Å².